The summed E-state index contributed by atoms with van der Waals surface area (Å²) in [5, 5.41) is 0. The molecule has 2 aromatic rings. The van der Waals surface area contributed by atoms with Gasteiger partial charge in [-0.2, -0.15) is 0 Å². The normalized spacial score (nSPS) is 10.2. The number of rotatable bonds is 5. The highest BCUT2D eigenvalue weighted by atomic mass is 16.5. The van der Waals surface area contributed by atoms with Crippen molar-refractivity contribution in [3.8, 4) is 11.5 Å². The molecule has 0 radical (unpaired) electrons. The lowest BCUT2D eigenvalue weighted by Crippen LogP contribution is -2.29. The van der Waals surface area contributed by atoms with Crippen molar-refractivity contribution in [2.75, 3.05) is 7.11 Å². The molecule has 0 saturated carbocycles. The van der Waals surface area contributed by atoms with Gasteiger partial charge < -0.3 is 13.9 Å². The van der Waals surface area contributed by atoms with E-state index in [1.807, 2.05) is 29.7 Å². The van der Waals surface area contributed by atoms with E-state index in [0.29, 0.717) is 17.3 Å². The highest BCUT2D eigenvalue weighted by Crippen LogP contribution is 2.27. The van der Waals surface area contributed by atoms with Gasteiger partial charge in [0.25, 0.3) is 0 Å². The van der Waals surface area contributed by atoms with Crippen LogP contribution < -0.4 is 20.7 Å². The maximum absolute atomic E-state index is 11.4. The van der Waals surface area contributed by atoms with Crippen LogP contribution in [0, 0.1) is 6.92 Å². The molecule has 0 bridgehead atoms. The molecule has 0 fully saturated rings. The van der Waals surface area contributed by atoms with Crippen LogP contribution in [0.4, 0.5) is 0 Å². The minimum absolute atomic E-state index is 0.156. The number of aryl methyl sites for hydroxylation is 1. The lowest BCUT2D eigenvalue weighted by molar-refractivity contribution is 0.0924. The van der Waals surface area contributed by atoms with Crippen molar-refractivity contribution >= 4 is 5.91 Å². The number of para-hydroxylation sites is 2. The summed E-state index contributed by atoms with van der Waals surface area (Å²) in [6, 6.07) is 8.94. The van der Waals surface area contributed by atoms with Crippen LogP contribution in [0.2, 0.25) is 0 Å². The third kappa shape index (κ3) is 2.92. The SMILES string of the molecule is COc1ccccc1OCc1cc(C(=O)NN)oc1C. The smallest absolute Gasteiger partial charge is 0.300 e. The number of hydrazine groups is 1. The Morgan fingerprint density at radius 2 is 2.05 bits per heavy atom. The van der Waals surface area contributed by atoms with Crippen LogP contribution >= 0.6 is 0 Å². The largest absolute Gasteiger partial charge is 0.493 e. The summed E-state index contributed by atoms with van der Waals surface area (Å²) in [4.78, 5) is 11.4. The minimum atomic E-state index is -0.475. The van der Waals surface area contributed by atoms with Crippen molar-refractivity contribution in [1.29, 1.82) is 0 Å². The fourth-order valence-corrected chi connectivity index (χ4v) is 1.74. The third-order valence-electron chi connectivity index (χ3n) is 2.83. The van der Waals surface area contributed by atoms with Crippen molar-refractivity contribution < 1.29 is 18.7 Å². The molecule has 6 nitrogen and oxygen atoms in total. The van der Waals surface area contributed by atoms with Gasteiger partial charge in [0, 0.05) is 5.56 Å². The van der Waals surface area contributed by atoms with E-state index in [-0.39, 0.29) is 12.4 Å². The van der Waals surface area contributed by atoms with Gasteiger partial charge >= 0.3 is 5.91 Å². The van der Waals surface area contributed by atoms with Gasteiger partial charge in [-0.15, -0.1) is 0 Å². The number of amides is 1. The number of carbonyl (C=O) groups excluding carboxylic acids is 1. The van der Waals surface area contributed by atoms with Gasteiger partial charge in [0.2, 0.25) is 0 Å². The van der Waals surface area contributed by atoms with Gasteiger partial charge in [0.15, 0.2) is 17.3 Å². The van der Waals surface area contributed by atoms with Crippen molar-refractivity contribution in [3.63, 3.8) is 0 Å². The Hall–Kier alpha value is -2.47. The van der Waals surface area contributed by atoms with Crippen LogP contribution in [0.25, 0.3) is 0 Å². The second-order valence-corrected chi connectivity index (χ2v) is 4.11. The van der Waals surface area contributed by atoms with E-state index in [1.165, 1.54) is 0 Å². The zero-order valence-electron chi connectivity index (χ0n) is 11.3. The predicted octanol–water partition coefficient (Wildman–Crippen LogP) is 1.78. The first-order valence-electron chi connectivity index (χ1n) is 6.01. The fourth-order valence-electron chi connectivity index (χ4n) is 1.74. The Balaban J connectivity index is 2.11. The molecular formula is C14H16N2O4. The van der Waals surface area contributed by atoms with Crippen LogP contribution in [-0.4, -0.2) is 13.0 Å². The number of carbonyl (C=O) groups is 1. The minimum Gasteiger partial charge on any atom is -0.493 e. The van der Waals surface area contributed by atoms with Crippen molar-refractivity contribution in [2.24, 2.45) is 5.84 Å². The summed E-state index contributed by atoms with van der Waals surface area (Å²) < 4.78 is 16.2. The Morgan fingerprint density at radius 3 is 2.70 bits per heavy atom. The summed E-state index contributed by atoms with van der Waals surface area (Å²) in [7, 11) is 1.58. The lowest BCUT2D eigenvalue weighted by atomic mass is 10.2. The number of nitrogen functional groups attached to an aromatic ring is 1. The molecule has 1 amide bonds. The Kier molecular flexibility index (Phi) is 4.27. The lowest BCUT2D eigenvalue weighted by Gasteiger charge is -2.09. The standard InChI is InChI=1S/C14H16N2O4/c1-9-10(7-13(20-9)14(17)16-15)8-19-12-6-4-3-5-11(12)18-2/h3-7H,8,15H2,1-2H3,(H,16,17). The van der Waals surface area contributed by atoms with Gasteiger partial charge in [-0.1, -0.05) is 12.1 Å². The molecule has 1 aromatic heterocycles. The molecule has 0 unspecified atom stereocenters. The molecule has 0 atom stereocenters. The predicted molar refractivity (Wildman–Crippen MR) is 72.4 cm³/mol. The molecule has 106 valence electrons. The zero-order chi connectivity index (χ0) is 14.5. The monoisotopic (exact) mass is 276 g/mol. The Morgan fingerprint density at radius 1 is 1.35 bits per heavy atom. The summed E-state index contributed by atoms with van der Waals surface area (Å²) in [6.45, 7) is 2.03. The maximum atomic E-state index is 11.4. The number of hydrogen-bond donors (Lipinski definition) is 2. The average Bonchev–Trinajstić information content (AvgIpc) is 2.85. The Bertz CT molecular complexity index is 607. The van der Waals surface area contributed by atoms with Gasteiger partial charge in [0.1, 0.15) is 12.4 Å². The highest BCUT2D eigenvalue weighted by molar-refractivity contribution is 5.91. The molecule has 3 N–H and O–H groups in total. The third-order valence-corrected chi connectivity index (χ3v) is 2.83. The number of ether oxygens (including phenoxy) is 2. The van der Waals surface area contributed by atoms with Crippen molar-refractivity contribution in [2.45, 2.75) is 13.5 Å². The summed E-state index contributed by atoms with van der Waals surface area (Å²) in [6.07, 6.45) is 0. The molecule has 6 heteroatoms. The van der Waals surface area contributed by atoms with E-state index in [2.05, 4.69) is 0 Å². The highest BCUT2D eigenvalue weighted by Gasteiger charge is 2.14. The number of furan rings is 1. The number of nitrogens with one attached hydrogen (secondary N) is 1. The van der Waals surface area contributed by atoms with E-state index in [1.54, 1.807) is 20.1 Å². The fraction of sp³-hybridized carbons (Fsp3) is 0.214. The van der Waals surface area contributed by atoms with Crippen LogP contribution in [0.5, 0.6) is 11.5 Å². The summed E-state index contributed by atoms with van der Waals surface area (Å²) >= 11 is 0. The van der Waals surface area contributed by atoms with Crippen molar-refractivity contribution in [3.05, 3.63) is 47.4 Å². The van der Waals surface area contributed by atoms with Gasteiger partial charge in [-0.05, 0) is 25.1 Å². The quantitative estimate of drug-likeness (QED) is 0.494. The molecule has 1 heterocycles. The summed E-state index contributed by atoms with van der Waals surface area (Å²) in [5.74, 6) is 6.62. The second-order valence-electron chi connectivity index (χ2n) is 4.11. The van der Waals surface area contributed by atoms with Crippen LogP contribution in [0.15, 0.2) is 34.7 Å². The molecule has 20 heavy (non-hydrogen) atoms. The molecule has 0 aliphatic carbocycles. The molecule has 0 aliphatic rings. The van der Waals surface area contributed by atoms with E-state index >= 15 is 0 Å². The van der Waals surface area contributed by atoms with Gasteiger partial charge in [-0.25, -0.2) is 5.84 Å². The van der Waals surface area contributed by atoms with Gasteiger partial charge in [-0.3, -0.25) is 10.2 Å². The average molecular weight is 276 g/mol. The first-order chi connectivity index (χ1) is 9.65. The number of methoxy groups -OCH3 is 1. The number of hydrogen-bond acceptors (Lipinski definition) is 5. The van der Waals surface area contributed by atoms with Crippen LogP contribution in [0.1, 0.15) is 21.9 Å². The van der Waals surface area contributed by atoms with Crippen LogP contribution in [0.3, 0.4) is 0 Å². The first kappa shape index (κ1) is 14.0. The number of nitrogens with two attached hydrogens (primary N) is 1. The Labute approximate surface area is 116 Å². The maximum Gasteiger partial charge on any atom is 0.300 e. The molecule has 2 rings (SSSR count). The number of benzene rings is 1. The molecule has 1 aromatic carbocycles. The second kappa shape index (κ2) is 6.12. The van der Waals surface area contributed by atoms with Gasteiger partial charge in [0.05, 0.1) is 7.11 Å². The molecule has 0 spiro atoms. The first-order valence-corrected chi connectivity index (χ1v) is 6.01. The van der Waals surface area contributed by atoms with Crippen LogP contribution in [-0.2, 0) is 6.61 Å². The zero-order valence-corrected chi connectivity index (χ0v) is 11.3. The van der Waals surface area contributed by atoms with E-state index in [9.17, 15) is 4.79 Å². The van der Waals surface area contributed by atoms with E-state index in [4.69, 9.17) is 19.7 Å². The summed E-state index contributed by atoms with van der Waals surface area (Å²) in [5.41, 5.74) is 2.79. The molecule has 0 aliphatic heterocycles. The topological polar surface area (TPSA) is 86.7 Å². The van der Waals surface area contributed by atoms with E-state index in [0.717, 1.165) is 5.56 Å². The van der Waals surface area contributed by atoms with E-state index < -0.39 is 5.91 Å². The molecular weight excluding hydrogens is 260 g/mol. The van der Waals surface area contributed by atoms with Crippen molar-refractivity contribution in [1.82, 2.24) is 5.43 Å². The molecule has 0 saturated heterocycles.